The van der Waals surface area contributed by atoms with E-state index in [9.17, 15) is 4.79 Å². The van der Waals surface area contributed by atoms with Crippen LogP contribution in [0.15, 0.2) is 12.1 Å². The highest BCUT2D eigenvalue weighted by Gasteiger charge is 2.20. The number of carbonyl (C=O) groups excluding carboxylic acids is 1. The highest BCUT2D eigenvalue weighted by atomic mass is 32.1. The maximum atomic E-state index is 11.3. The van der Waals surface area contributed by atoms with Gasteiger partial charge in [0.15, 0.2) is 0 Å². The lowest BCUT2D eigenvalue weighted by atomic mass is 10.1. The van der Waals surface area contributed by atoms with Crippen LogP contribution in [0.1, 0.15) is 29.5 Å². The van der Waals surface area contributed by atoms with Crippen LogP contribution < -0.4 is 10.6 Å². The smallest absolute Gasteiger partial charge is 0.233 e. The highest BCUT2D eigenvalue weighted by molar-refractivity contribution is 7.11. The molecule has 2 rings (SSSR count). The van der Waals surface area contributed by atoms with E-state index in [-0.39, 0.29) is 5.91 Å². The summed E-state index contributed by atoms with van der Waals surface area (Å²) in [5.74, 6) is 0.113. The number of rotatable bonds is 6. The molecule has 0 radical (unpaired) electrons. The van der Waals surface area contributed by atoms with Gasteiger partial charge in [0, 0.05) is 42.5 Å². The van der Waals surface area contributed by atoms with Gasteiger partial charge in [-0.3, -0.25) is 9.69 Å². The van der Waals surface area contributed by atoms with Crippen molar-refractivity contribution in [2.24, 2.45) is 0 Å². The van der Waals surface area contributed by atoms with E-state index in [4.69, 9.17) is 0 Å². The number of nitrogens with one attached hydrogen (secondary N) is 2. The first-order chi connectivity index (χ1) is 9.71. The molecule has 1 fully saturated rings. The van der Waals surface area contributed by atoms with Gasteiger partial charge in [0.05, 0.1) is 6.54 Å². The Kier molecular flexibility index (Phi) is 6.01. The van der Waals surface area contributed by atoms with Crippen molar-refractivity contribution in [1.82, 2.24) is 15.5 Å². The average Bonchev–Trinajstić information content (AvgIpc) is 2.94. The second kappa shape index (κ2) is 7.76. The van der Waals surface area contributed by atoms with Gasteiger partial charge in [-0.15, -0.1) is 11.3 Å². The van der Waals surface area contributed by atoms with Crippen molar-refractivity contribution in [3.63, 3.8) is 0 Å². The van der Waals surface area contributed by atoms with Gasteiger partial charge in [0.2, 0.25) is 5.91 Å². The first-order valence-electron chi connectivity index (χ1n) is 7.45. The van der Waals surface area contributed by atoms with E-state index in [0.717, 1.165) is 38.9 Å². The minimum absolute atomic E-state index is 0.113. The Bertz CT molecular complexity index is 425. The van der Waals surface area contributed by atoms with E-state index < -0.39 is 0 Å². The molecule has 1 amide bonds. The number of piperidine rings is 1. The largest absolute Gasteiger partial charge is 0.358 e. The summed E-state index contributed by atoms with van der Waals surface area (Å²) in [7, 11) is 1.70. The van der Waals surface area contributed by atoms with Gasteiger partial charge in [-0.05, 0) is 31.4 Å². The van der Waals surface area contributed by atoms with E-state index in [2.05, 4.69) is 34.6 Å². The molecule has 0 atom stereocenters. The lowest BCUT2D eigenvalue weighted by Gasteiger charge is -2.31. The fourth-order valence-corrected chi connectivity index (χ4v) is 3.44. The van der Waals surface area contributed by atoms with Gasteiger partial charge in [-0.25, -0.2) is 0 Å². The first kappa shape index (κ1) is 15.5. The molecule has 0 saturated carbocycles. The molecule has 0 spiro atoms. The van der Waals surface area contributed by atoms with Crippen LogP contribution in [0.25, 0.3) is 0 Å². The normalized spacial score (nSPS) is 17.3. The monoisotopic (exact) mass is 295 g/mol. The molecule has 0 unspecified atom stereocenters. The summed E-state index contributed by atoms with van der Waals surface area (Å²) >= 11 is 1.91. The molecular weight excluding hydrogens is 270 g/mol. The Morgan fingerprint density at radius 3 is 2.65 bits per heavy atom. The van der Waals surface area contributed by atoms with E-state index >= 15 is 0 Å². The molecule has 1 aliphatic rings. The van der Waals surface area contributed by atoms with Gasteiger partial charge in [-0.2, -0.15) is 0 Å². The van der Waals surface area contributed by atoms with Crippen LogP contribution in [-0.4, -0.2) is 43.5 Å². The molecule has 1 aromatic heterocycles. The van der Waals surface area contributed by atoms with Crippen molar-refractivity contribution in [2.45, 2.75) is 38.8 Å². The van der Waals surface area contributed by atoms with Crippen molar-refractivity contribution in [2.75, 3.05) is 26.7 Å². The highest BCUT2D eigenvalue weighted by Crippen LogP contribution is 2.18. The molecule has 5 heteroatoms. The zero-order valence-corrected chi connectivity index (χ0v) is 13.3. The zero-order valence-electron chi connectivity index (χ0n) is 12.4. The molecule has 4 nitrogen and oxygen atoms in total. The van der Waals surface area contributed by atoms with Crippen LogP contribution in [0.3, 0.4) is 0 Å². The van der Waals surface area contributed by atoms with Gasteiger partial charge in [0.25, 0.3) is 0 Å². The number of likely N-dealkylation sites (N-methyl/N-ethyl adjacent to an activating group) is 1. The molecule has 1 saturated heterocycles. The molecule has 0 aromatic carbocycles. The number of likely N-dealkylation sites (tertiary alicyclic amines) is 1. The number of carbonyl (C=O) groups is 1. The van der Waals surface area contributed by atoms with Crippen molar-refractivity contribution in [3.05, 3.63) is 21.9 Å². The van der Waals surface area contributed by atoms with E-state index in [1.54, 1.807) is 7.05 Å². The Labute approximate surface area is 125 Å². The molecule has 1 aromatic rings. The van der Waals surface area contributed by atoms with E-state index in [1.807, 2.05) is 11.3 Å². The maximum Gasteiger partial charge on any atom is 0.233 e. The number of thiophene rings is 1. The summed E-state index contributed by atoms with van der Waals surface area (Å²) in [5.41, 5.74) is 0. The van der Waals surface area contributed by atoms with Gasteiger partial charge in [0.1, 0.15) is 0 Å². The van der Waals surface area contributed by atoms with Crippen LogP contribution in [0, 0.1) is 0 Å². The number of amides is 1. The van der Waals surface area contributed by atoms with Gasteiger partial charge < -0.3 is 10.6 Å². The fraction of sp³-hybridized carbons (Fsp3) is 0.667. The zero-order chi connectivity index (χ0) is 14.4. The molecule has 112 valence electrons. The first-order valence-corrected chi connectivity index (χ1v) is 8.26. The lowest BCUT2D eigenvalue weighted by molar-refractivity contribution is -0.122. The van der Waals surface area contributed by atoms with Crippen molar-refractivity contribution >= 4 is 17.2 Å². The predicted molar refractivity (Wildman–Crippen MR) is 84.1 cm³/mol. The van der Waals surface area contributed by atoms with Crippen molar-refractivity contribution < 1.29 is 4.79 Å². The summed E-state index contributed by atoms with van der Waals surface area (Å²) < 4.78 is 0. The quantitative estimate of drug-likeness (QED) is 0.838. The van der Waals surface area contributed by atoms with Crippen LogP contribution in [0.4, 0.5) is 0 Å². The Morgan fingerprint density at radius 1 is 1.35 bits per heavy atom. The Balaban J connectivity index is 1.68. The second-order valence-electron chi connectivity index (χ2n) is 5.33. The van der Waals surface area contributed by atoms with Gasteiger partial charge in [-0.1, -0.05) is 6.92 Å². The van der Waals surface area contributed by atoms with Crippen molar-refractivity contribution in [1.29, 1.82) is 0 Å². The Morgan fingerprint density at radius 2 is 2.05 bits per heavy atom. The summed E-state index contributed by atoms with van der Waals surface area (Å²) in [5, 5.41) is 6.33. The molecule has 1 aliphatic heterocycles. The van der Waals surface area contributed by atoms with E-state index in [1.165, 1.54) is 9.75 Å². The molecule has 0 aliphatic carbocycles. The molecular formula is C15H25N3OS. The second-order valence-corrected chi connectivity index (χ2v) is 6.58. The third kappa shape index (κ3) is 4.58. The summed E-state index contributed by atoms with van der Waals surface area (Å²) in [6, 6.07) is 5.05. The molecule has 0 bridgehead atoms. The SMILES string of the molecule is CCc1ccc(CNC2CCN(CC(=O)NC)CC2)s1. The standard InChI is InChI=1S/C15H25N3OS/c1-3-13-4-5-14(20-13)10-17-12-6-8-18(9-7-12)11-15(19)16-2/h4-5,12,17H,3,6-11H2,1-2H3,(H,16,19). The maximum absolute atomic E-state index is 11.3. The third-order valence-corrected chi connectivity index (χ3v) is 5.09. The number of nitrogens with zero attached hydrogens (tertiary/aromatic N) is 1. The van der Waals surface area contributed by atoms with Crippen LogP contribution >= 0.6 is 11.3 Å². The van der Waals surface area contributed by atoms with Gasteiger partial charge >= 0.3 is 0 Å². The predicted octanol–water partition coefficient (Wildman–Crippen LogP) is 1.61. The molecule has 2 heterocycles. The average molecular weight is 295 g/mol. The minimum atomic E-state index is 0.113. The van der Waals surface area contributed by atoms with E-state index in [0.29, 0.717) is 12.6 Å². The van der Waals surface area contributed by atoms with Crippen molar-refractivity contribution in [3.8, 4) is 0 Å². The van der Waals surface area contributed by atoms with Crippen LogP contribution in [0.5, 0.6) is 0 Å². The molecule has 2 N–H and O–H groups in total. The summed E-state index contributed by atoms with van der Waals surface area (Å²) in [6.45, 7) is 5.73. The summed E-state index contributed by atoms with van der Waals surface area (Å²) in [6.07, 6.45) is 3.38. The number of hydrogen-bond donors (Lipinski definition) is 2. The summed E-state index contributed by atoms with van der Waals surface area (Å²) in [4.78, 5) is 16.5. The number of hydrogen-bond acceptors (Lipinski definition) is 4. The Hall–Kier alpha value is -0.910. The lowest BCUT2D eigenvalue weighted by Crippen LogP contribution is -2.45. The third-order valence-electron chi connectivity index (χ3n) is 3.86. The van der Waals surface area contributed by atoms with Crippen LogP contribution in [0.2, 0.25) is 0 Å². The number of aryl methyl sites for hydroxylation is 1. The minimum Gasteiger partial charge on any atom is -0.358 e. The topological polar surface area (TPSA) is 44.4 Å². The van der Waals surface area contributed by atoms with Crippen LogP contribution in [-0.2, 0) is 17.8 Å². The molecule has 20 heavy (non-hydrogen) atoms. The fourth-order valence-electron chi connectivity index (χ4n) is 2.53.